The number of aliphatic imine (C=N–C) groups is 1. The molecule has 0 unspecified atom stereocenters. The van der Waals surface area contributed by atoms with Crippen molar-refractivity contribution in [1.29, 1.82) is 0 Å². The number of benzene rings is 2. The number of rotatable bonds is 6. The quantitative estimate of drug-likeness (QED) is 0.340. The molecule has 0 spiro atoms. The topological polar surface area (TPSA) is 54.9 Å². The van der Waals surface area contributed by atoms with E-state index in [1.54, 1.807) is 0 Å². The monoisotopic (exact) mass is 519 g/mol. The molecule has 2 aromatic rings. The molecule has 0 saturated heterocycles. The fourth-order valence-electron chi connectivity index (χ4n) is 2.86. The van der Waals surface area contributed by atoms with E-state index in [2.05, 4.69) is 15.6 Å². The predicted molar refractivity (Wildman–Crippen MR) is 120 cm³/mol. The molecule has 8 heteroatoms. The fraction of sp³-hybridized carbons (Fsp3) is 0.350. The molecule has 2 aromatic carbocycles. The summed E-state index contributed by atoms with van der Waals surface area (Å²) in [4.78, 5) is 4.58. The van der Waals surface area contributed by atoms with Gasteiger partial charge in [-0.25, -0.2) is 9.38 Å². The Morgan fingerprint density at radius 2 is 2.00 bits per heavy atom. The Bertz CT molecular complexity index is 803. The SMILES string of the molecule is CCNC(=NCc1ccc(Cl)cc1)NCCc1cc(F)cc2c1OCOC2.I. The van der Waals surface area contributed by atoms with E-state index in [-0.39, 0.29) is 36.6 Å². The van der Waals surface area contributed by atoms with Crippen LogP contribution in [-0.2, 0) is 24.3 Å². The molecule has 0 fully saturated rings. The van der Waals surface area contributed by atoms with Crippen LogP contribution >= 0.6 is 35.6 Å². The third-order valence-electron chi connectivity index (χ3n) is 4.12. The second-order valence-corrected chi connectivity index (χ2v) is 6.60. The molecule has 0 bridgehead atoms. The van der Waals surface area contributed by atoms with Gasteiger partial charge in [-0.3, -0.25) is 0 Å². The Morgan fingerprint density at radius 3 is 2.75 bits per heavy atom. The lowest BCUT2D eigenvalue weighted by Gasteiger charge is -2.21. The fourth-order valence-corrected chi connectivity index (χ4v) is 2.99. The molecule has 0 aliphatic carbocycles. The zero-order chi connectivity index (χ0) is 19.1. The molecule has 1 heterocycles. The molecule has 3 rings (SSSR count). The van der Waals surface area contributed by atoms with Crippen LogP contribution in [0.2, 0.25) is 5.02 Å². The van der Waals surface area contributed by atoms with Crippen LogP contribution in [0.15, 0.2) is 41.4 Å². The molecule has 0 atom stereocenters. The first kappa shape index (κ1) is 22.7. The van der Waals surface area contributed by atoms with Crippen LogP contribution in [0.5, 0.6) is 5.75 Å². The van der Waals surface area contributed by atoms with Crippen molar-refractivity contribution in [3.8, 4) is 5.75 Å². The van der Waals surface area contributed by atoms with E-state index in [0.29, 0.717) is 37.1 Å². The van der Waals surface area contributed by atoms with Gasteiger partial charge in [0.1, 0.15) is 11.6 Å². The molecule has 0 amide bonds. The lowest BCUT2D eigenvalue weighted by molar-refractivity contribution is -0.0172. The molecule has 2 N–H and O–H groups in total. The van der Waals surface area contributed by atoms with Crippen molar-refractivity contribution in [2.75, 3.05) is 19.9 Å². The molecule has 0 aromatic heterocycles. The van der Waals surface area contributed by atoms with E-state index < -0.39 is 0 Å². The summed E-state index contributed by atoms with van der Waals surface area (Å²) >= 11 is 5.91. The molecule has 152 valence electrons. The highest BCUT2D eigenvalue weighted by atomic mass is 127. The maximum absolute atomic E-state index is 13.8. The molecule has 1 aliphatic rings. The number of nitrogens with zero attached hydrogens (tertiary/aromatic N) is 1. The van der Waals surface area contributed by atoms with Gasteiger partial charge in [0, 0.05) is 23.7 Å². The van der Waals surface area contributed by atoms with Crippen molar-refractivity contribution >= 4 is 41.5 Å². The van der Waals surface area contributed by atoms with E-state index in [9.17, 15) is 4.39 Å². The molecule has 5 nitrogen and oxygen atoms in total. The third kappa shape index (κ3) is 6.49. The molecular weight excluding hydrogens is 496 g/mol. The number of hydrogen-bond acceptors (Lipinski definition) is 3. The zero-order valence-electron chi connectivity index (χ0n) is 15.6. The van der Waals surface area contributed by atoms with Crippen LogP contribution in [-0.4, -0.2) is 25.8 Å². The summed E-state index contributed by atoms with van der Waals surface area (Å²) in [6, 6.07) is 10.6. The summed E-state index contributed by atoms with van der Waals surface area (Å²) in [7, 11) is 0. The number of nitrogens with one attached hydrogen (secondary N) is 2. The molecular formula is C20H24ClFIN3O2. The van der Waals surface area contributed by atoms with Crippen molar-refractivity contribution in [1.82, 2.24) is 10.6 Å². The molecule has 1 aliphatic heterocycles. The van der Waals surface area contributed by atoms with Gasteiger partial charge in [-0.05, 0) is 48.7 Å². The summed E-state index contributed by atoms with van der Waals surface area (Å²) < 4.78 is 24.6. The van der Waals surface area contributed by atoms with Gasteiger partial charge in [0.25, 0.3) is 0 Å². The molecule has 0 radical (unpaired) electrons. The first-order chi connectivity index (χ1) is 13.2. The minimum atomic E-state index is -0.277. The number of fused-ring (bicyclic) bond motifs is 1. The summed E-state index contributed by atoms with van der Waals surface area (Å²) in [5, 5.41) is 7.20. The average Bonchev–Trinajstić information content (AvgIpc) is 2.67. The minimum absolute atomic E-state index is 0. The lowest BCUT2D eigenvalue weighted by Crippen LogP contribution is -2.38. The Kier molecular flexibility index (Phi) is 9.27. The Hall–Kier alpha value is -1.58. The van der Waals surface area contributed by atoms with Crippen molar-refractivity contribution in [2.24, 2.45) is 4.99 Å². The Morgan fingerprint density at radius 1 is 1.21 bits per heavy atom. The predicted octanol–water partition coefficient (Wildman–Crippen LogP) is 4.26. The van der Waals surface area contributed by atoms with Crippen LogP contribution in [0, 0.1) is 5.82 Å². The largest absolute Gasteiger partial charge is 0.467 e. The van der Waals surface area contributed by atoms with Gasteiger partial charge >= 0.3 is 0 Å². The van der Waals surface area contributed by atoms with Gasteiger partial charge in [-0.1, -0.05) is 23.7 Å². The van der Waals surface area contributed by atoms with Gasteiger partial charge in [0.15, 0.2) is 12.8 Å². The number of hydrogen-bond donors (Lipinski definition) is 2. The van der Waals surface area contributed by atoms with Gasteiger partial charge < -0.3 is 20.1 Å². The van der Waals surface area contributed by atoms with Crippen LogP contribution in [0.4, 0.5) is 4.39 Å². The van der Waals surface area contributed by atoms with Crippen molar-refractivity contribution in [2.45, 2.75) is 26.5 Å². The highest BCUT2D eigenvalue weighted by molar-refractivity contribution is 14.0. The minimum Gasteiger partial charge on any atom is -0.467 e. The summed E-state index contributed by atoms with van der Waals surface area (Å²) in [5.74, 6) is 1.16. The maximum atomic E-state index is 13.8. The smallest absolute Gasteiger partial charge is 0.191 e. The van der Waals surface area contributed by atoms with Crippen LogP contribution < -0.4 is 15.4 Å². The lowest BCUT2D eigenvalue weighted by atomic mass is 10.1. The van der Waals surface area contributed by atoms with E-state index in [4.69, 9.17) is 21.1 Å². The number of guanidine groups is 1. The maximum Gasteiger partial charge on any atom is 0.191 e. The first-order valence-electron chi connectivity index (χ1n) is 8.94. The highest BCUT2D eigenvalue weighted by Gasteiger charge is 2.16. The van der Waals surface area contributed by atoms with E-state index >= 15 is 0 Å². The second-order valence-electron chi connectivity index (χ2n) is 6.16. The van der Waals surface area contributed by atoms with Crippen LogP contribution in [0.3, 0.4) is 0 Å². The first-order valence-corrected chi connectivity index (χ1v) is 9.32. The van der Waals surface area contributed by atoms with Gasteiger partial charge in [0.2, 0.25) is 0 Å². The van der Waals surface area contributed by atoms with Gasteiger partial charge in [-0.2, -0.15) is 0 Å². The summed E-state index contributed by atoms with van der Waals surface area (Å²) in [5.41, 5.74) is 2.65. The summed E-state index contributed by atoms with van der Waals surface area (Å²) in [6.07, 6.45) is 0.617. The molecule has 28 heavy (non-hydrogen) atoms. The van der Waals surface area contributed by atoms with E-state index in [1.807, 2.05) is 31.2 Å². The highest BCUT2D eigenvalue weighted by Crippen LogP contribution is 2.29. The van der Waals surface area contributed by atoms with Gasteiger partial charge in [-0.15, -0.1) is 24.0 Å². The summed E-state index contributed by atoms with van der Waals surface area (Å²) in [6.45, 7) is 4.48. The van der Waals surface area contributed by atoms with Crippen molar-refractivity contribution in [3.63, 3.8) is 0 Å². The standard InChI is InChI=1S/C20H23ClFN3O2.HI/c1-2-23-20(25-11-14-3-5-17(21)6-4-14)24-8-7-15-9-18(22)10-16-12-26-13-27-19(15)16;/h3-6,9-10H,2,7-8,11-13H2,1H3,(H2,23,24,25);1H. The van der Waals surface area contributed by atoms with Crippen molar-refractivity contribution < 1.29 is 13.9 Å². The Balaban J connectivity index is 0.00000280. The van der Waals surface area contributed by atoms with E-state index in [1.165, 1.54) is 12.1 Å². The van der Waals surface area contributed by atoms with Gasteiger partial charge in [0.05, 0.1) is 13.2 Å². The average molecular weight is 520 g/mol. The van der Waals surface area contributed by atoms with Crippen LogP contribution in [0.25, 0.3) is 0 Å². The number of ether oxygens (including phenoxy) is 2. The zero-order valence-corrected chi connectivity index (χ0v) is 18.7. The van der Waals surface area contributed by atoms with E-state index in [0.717, 1.165) is 29.0 Å². The second kappa shape index (κ2) is 11.4. The Labute approximate surface area is 186 Å². The third-order valence-corrected chi connectivity index (χ3v) is 4.37. The van der Waals surface area contributed by atoms with Crippen molar-refractivity contribution in [3.05, 3.63) is 63.9 Å². The molecule has 0 saturated carbocycles. The van der Waals surface area contributed by atoms with Crippen LogP contribution in [0.1, 0.15) is 23.6 Å². The normalized spacial score (nSPS) is 13.2. The number of halogens is 3.